The van der Waals surface area contributed by atoms with Crippen molar-refractivity contribution >= 4 is 22.0 Å². The summed E-state index contributed by atoms with van der Waals surface area (Å²) in [5, 5.41) is 8.71. The van der Waals surface area contributed by atoms with Crippen molar-refractivity contribution < 1.29 is 27.9 Å². The second kappa shape index (κ2) is 6.49. The summed E-state index contributed by atoms with van der Waals surface area (Å²) in [7, 11) is -2.67. The van der Waals surface area contributed by atoms with Gasteiger partial charge in [-0.15, -0.1) is 0 Å². The number of hydrogen-bond acceptors (Lipinski definition) is 5. The van der Waals surface area contributed by atoms with Crippen molar-refractivity contribution in [1.82, 2.24) is 4.31 Å². The molecule has 0 fully saturated rings. The predicted molar refractivity (Wildman–Crippen MR) is 69.9 cm³/mol. The van der Waals surface area contributed by atoms with Crippen LogP contribution in [-0.4, -0.2) is 50.0 Å². The highest BCUT2D eigenvalue weighted by atomic mass is 32.2. The Balaban J connectivity index is 3.09. The first-order valence-corrected chi connectivity index (χ1v) is 7.17. The zero-order valence-corrected chi connectivity index (χ0v) is 11.9. The molecule has 0 amide bonds. The zero-order chi connectivity index (χ0) is 15.3. The molecule has 1 aromatic carbocycles. The number of rotatable bonds is 6. The van der Waals surface area contributed by atoms with E-state index in [9.17, 15) is 18.0 Å². The molecule has 1 aromatic rings. The van der Waals surface area contributed by atoms with Gasteiger partial charge in [-0.2, -0.15) is 4.31 Å². The Kier molecular flexibility index (Phi) is 5.23. The quantitative estimate of drug-likeness (QED) is 0.771. The lowest BCUT2D eigenvalue weighted by Gasteiger charge is -2.18. The highest BCUT2D eigenvalue weighted by molar-refractivity contribution is 7.89. The third-order valence-corrected chi connectivity index (χ3v) is 4.51. The minimum absolute atomic E-state index is 0.0351. The molecular weight excluding hydrogens is 286 g/mol. The van der Waals surface area contributed by atoms with Crippen LogP contribution in [0.2, 0.25) is 0 Å². The number of hydrogen-bond donors (Lipinski definition) is 1. The number of esters is 1. The van der Waals surface area contributed by atoms with Crippen LogP contribution in [0.25, 0.3) is 0 Å². The van der Waals surface area contributed by atoms with Crippen LogP contribution in [0.1, 0.15) is 17.3 Å². The van der Waals surface area contributed by atoms with Crippen LogP contribution >= 0.6 is 0 Å². The maximum Gasteiger partial charge on any atom is 0.337 e. The zero-order valence-electron chi connectivity index (χ0n) is 11.1. The number of ether oxygens (including phenoxy) is 1. The molecule has 0 saturated heterocycles. The third kappa shape index (κ3) is 3.55. The van der Waals surface area contributed by atoms with E-state index in [2.05, 4.69) is 4.74 Å². The standard InChI is InChI=1S/C12H15NO6S/c1-3-13(8-11(14)15)20(17,18)10-6-4-9(5-7-10)12(16)19-2/h4-7H,3,8H2,1-2H3,(H,14,15). The van der Waals surface area contributed by atoms with Gasteiger partial charge in [0.2, 0.25) is 10.0 Å². The Morgan fingerprint density at radius 1 is 1.25 bits per heavy atom. The van der Waals surface area contributed by atoms with Gasteiger partial charge in [-0.3, -0.25) is 4.79 Å². The molecule has 20 heavy (non-hydrogen) atoms. The van der Waals surface area contributed by atoms with E-state index >= 15 is 0 Å². The summed E-state index contributed by atoms with van der Waals surface area (Å²) < 4.78 is 29.7. The van der Waals surface area contributed by atoms with Crippen molar-refractivity contribution in [3.63, 3.8) is 0 Å². The van der Waals surface area contributed by atoms with Crippen molar-refractivity contribution in [3.8, 4) is 0 Å². The average Bonchev–Trinajstić information content (AvgIpc) is 2.43. The van der Waals surface area contributed by atoms with Gasteiger partial charge >= 0.3 is 11.9 Å². The summed E-state index contributed by atoms with van der Waals surface area (Å²) in [6.45, 7) is 0.967. The van der Waals surface area contributed by atoms with Gasteiger partial charge in [-0.05, 0) is 24.3 Å². The van der Waals surface area contributed by atoms with Gasteiger partial charge in [0.05, 0.1) is 17.6 Å². The fourth-order valence-electron chi connectivity index (χ4n) is 1.55. The topological polar surface area (TPSA) is 101 Å². The third-order valence-electron chi connectivity index (χ3n) is 2.58. The highest BCUT2D eigenvalue weighted by Gasteiger charge is 2.25. The van der Waals surface area contributed by atoms with Crippen LogP contribution in [0, 0.1) is 0 Å². The van der Waals surface area contributed by atoms with Crippen molar-refractivity contribution in [1.29, 1.82) is 0 Å². The summed E-state index contributed by atoms with van der Waals surface area (Å²) >= 11 is 0. The number of carbonyl (C=O) groups is 2. The number of carbonyl (C=O) groups excluding carboxylic acids is 1. The summed E-state index contributed by atoms with van der Waals surface area (Å²) in [5.74, 6) is -1.81. The molecule has 1 rings (SSSR count). The molecule has 0 spiro atoms. The van der Waals surface area contributed by atoms with Gasteiger partial charge in [0, 0.05) is 6.54 Å². The molecule has 0 aromatic heterocycles. The molecule has 0 aliphatic carbocycles. The van der Waals surface area contributed by atoms with E-state index in [-0.39, 0.29) is 17.0 Å². The molecule has 110 valence electrons. The highest BCUT2D eigenvalue weighted by Crippen LogP contribution is 2.16. The lowest BCUT2D eigenvalue weighted by Crippen LogP contribution is -2.35. The molecule has 8 heteroatoms. The number of benzene rings is 1. The largest absolute Gasteiger partial charge is 0.480 e. The van der Waals surface area contributed by atoms with E-state index in [0.717, 1.165) is 4.31 Å². The van der Waals surface area contributed by atoms with Crippen LogP contribution in [0.15, 0.2) is 29.2 Å². The Hall–Kier alpha value is -1.93. The summed E-state index contributed by atoms with van der Waals surface area (Å²) in [6, 6.07) is 5.11. The lowest BCUT2D eigenvalue weighted by atomic mass is 10.2. The summed E-state index contributed by atoms with van der Waals surface area (Å²) in [6.07, 6.45) is 0. The maximum absolute atomic E-state index is 12.2. The molecule has 0 unspecified atom stereocenters. The molecule has 0 radical (unpaired) electrons. The normalized spacial score (nSPS) is 11.3. The number of nitrogens with zero attached hydrogens (tertiary/aromatic N) is 1. The van der Waals surface area contributed by atoms with Crippen LogP contribution in [0.3, 0.4) is 0 Å². The van der Waals surface area contributed by atoms with Crippen LogP contribution in [0.4, 0.5) is 0 Å². The van der Waals surface area contributed by atoms with Crippen molar-refractivity contribution in [2.24, 2.45) is 0 Å². The molecule has 7 nitrogen and oxygen atoms in total. The SMILES string of the molecule is CCN(CC(=O)O)S(=O)(=O)c1ccc(C(=O)OC)cc1. The van der Waals surface area contributed by atoms with E-state index < -0.39 is 28.5 Å². The fourth-order valence-corrected chi connectivity index (χ4v) is 2.95. The first-order valence-electron chi connectivity index (χ1n) is 5.73. The predicted octanol–water partition coefficient (Wildman–Crippen LogP) is 0.568. The van der Waals surface area contributed by atoms with Gasteiger partial charge in [-0.1, -0.05) is 6.92 Å². The second-order valence-corrected chi connectivity index (χ2v) is 5.78. The van der Waals surface area contributed by atoms with Crippen LogP contribution < -0.4 is 0 Å². The molecule has 0 bridgehead atoms. The molecular formula is C12H15NO6S. The monoisotopic (exact) mass is 301 g/mol. The van der Waals surface area contributed by atoms with Crippen molar-refractivity contribution in [3.05, 3.63) is 29.8 Å². The molecule has 1 N–H and O–H groups in total. The first kappa shape index (κ1) is 16.1. The number of methoxy groups -OCH3 is 1. The Bertz CT molecular complexity index is 593. The molecule has 0 saturated carbocycles. The molecule has 0 atom stereocenters. The molecule has 0 aliphatic rings. The van der Waals surface area contributed by atoms with E-state index in [1.165, 1.54) is 31.4 Å². The number of carboxylic acids is 1. The maximum atomic E-state index is 12.2. The fraction of sp³-hybridized carbons (Fsp3) is 0.333. The van der Waals surface area contributed by atoms with Gasteiger partial charge < -0.3 is 9.84 Å². The smallest absolute Gasteiger partial charge is 0.337 e. The number of carboxylic acid groups (broad SMARTS) is 1. The minimum atomic E-state index is -3.90. The summed E-state index contributed by atoms with van der Waals surface area (Å²) in [5.41, 5.74) is 0.215. The Morgan fingerprint density at radius 3 is 2.20 bits per heavy atom. The van der Waals surface area contributed by atoms with Gasteiger partial charge in [0.15, 0.2) is 0 Å². The van der Waals surface area contributed by atoms with Crippen LogP contribution in [0.5, 0.6) is 0 Å². The molecule has 0 heterocycles. The van der Waals surface area contributed by atoms with Crippen molar-refractivity contribution in [2.75, 3.05) is 20.2 Å². The lowest BCUT2D eigenvalue weighted by molar-refractivity contribution is -0.137. The molecule has 0 aliphatic heterocycles. The number of likely N-dealkylation sites (N-methyl/N-ethyl adjacent to an activating group) is 1. The van der Waals surface area contributed by atoms with Gasteiger partial charge in [0.1, 0.15) is 6.54 Å². The van der Waals surface area contributed by atoms with Crippen LogP contribution in [-0.2, 0) is 19.6 Å². The first-order chi connectivity index (χ1) is 9.32. The van der Waals surface area contributed by atoms with E-state index in [1.54, 1.807) is 6.92 Å². The van der Waals surface area contributed by atoms with E-state index in [1.807, 2.05) is 0 Å². The van der Waals surface area contributed by atoms with E-state index in [0.29, 0.717) is 0 Å². The van der Waals surface area contributed by atoms with Gasteiger partial charge in [0.25, 0.3) is 0 Å². The van der Waals surface area contributed by atoms with E-state index in [4.69, 9.17) is 5.11 Å². The summed E-state index contributed by atoms with van der Waals surface area (Å²) in [4.78, 5) is 21.8. The van der Waals surface area contributed by atoms with Crippen molar-refractivity contribution in [2.45, 2.75) is 11.8 Å². The number of aliphatic carboxylic acids is 1. The number of sulfonamides is 1. The Labute approximate surface area is 116 Å². The average molecular weight is 301 g/mol. The second-order valence-electron chi connectivity index (χ2n) is 3.84. The Morgan fingerprint density at radius 2 is 1.80 bits per heavy atom. The van der Waals surface area contributed by atoms with Gasteiger partial charge in [-0.25, -0.2) is 13.2 Å². The minimum Gasteiger partial charge on any atom is -0.480 e.